The number of carboxylic acids is 1. The molecule has 4 nitrogen and oxygen atoms in total. The summed E-state index contributed by atoms with van der Waals surface area (Å²) in [5, 5.41) is 12.5. The van der Waals surface area contributed by atoms with Gasteiger partial charge in [0, 0.05) is 0 Å². The van der Waals surface area contributed by atoms with Crippen LogP contribution in [0.2, 0.25) is 5.02 Å². The second-order valence-electron chi connectivity index (χ2n) is 2.30. The number of nitrogens with one attached hydrogen (secondary N) is 1. The molecule has 1 aromatic carbocycles. The van der Waals surface area contributed by atoms with Crippen molar-refractivity contribution in [3.63, 3.8) is 0 Å². The van der Waals surface area contributed by atoms with Gasteiger partial charge in [-0.3, -0.25) is 5.43 Å². The smallest absolute Gasteiger partial charge is 0.363 e. The number of hydrazone groups is 1. The van der Waals surface area contributed by atoms with Gasteiger partial charge in [0.1, 0.15) is 0 Å². The molecule has 1 aromatic rings. The number of nitrogens with zero attached hydrogens (tertiary/aromatic N) is 1. The number of hydrogen-bond donors (Lipinski definition) is 2. The van der Waals surface area contributed by atoms with Crippen molar-refractivity contribution in [2.45, 2.75) is 0 Å². The number of carbonyl (C=O) groups is 1. The lowest BCUT2D eigenvalue weighted by Gasteiger charge is -2.01. The van der Waals surface area contributed by atoms with Gasteiger partial charge in [-0.05, 0) is 28.1 Å². The minimum atomic E-state index is -1.15. The molecule has 0 radical (unpaired) electrons. The van der Waals surface area contributed by atoms with Crippen LogP contribution in [-0.4, -0.2) is 15.7 Å². The SMILES string of the molecule is O=C(O)/C(Br)=N/Nc1ccccc1Cl. The standard InChI is InChI=1S/C8H6BrClN2O2/c9-7(8(13)14)12-11-6-4-2-1-3-5(6)10/h1-4,11H,(H,13,14)/b12-7-. The zero-order valence-corrected chi connectivity index (χ0v) is 9.21. The number of anilines is 1. The van der Waals surface area contributed by atoms with Crippen LogP contribution < -0.4 is 5.43 Å². The van der Waals surface area contributed by atoms with E-state index < -0.39 is 5.97 Å². The van der Waals surface area contributed by atoms with Crippen molar-refractivity contribution in [3.8, 4) is 0 Å². The Hall–Kier alpha value is -1.07. The Morgan fingerprint density at radius 2 is 2.14 bits per heavy atom. The van der Waals surface area contributed by atoms with E-state index in [0.717, 1.165) is 0 Å². The molecular formula is C8H6BrClN2O2. The summed E-state index contributed by atoms with van der Waals surface area (Å²) in [5.74, 6) is -1.15. The topological polar surface area (TPSA) is 61.7 Å². The molecule has 0 bridgehead atoms. The highest BCUT2D eigenvalue weighted by Gasteiger charge is 2.04. The zero-order chi connectivity index (χ0) is 10.6. The number of rotatable bonds is 3. The van der Waals surface area contributed by atoms with Crippen molar-refractivity contribution in [3.05, 3.63) is 29.3 Å². The summed E-state index contributed by atoms with van der Waals surface area (Å²) in [7, 11) is 0. The van der Waals surface area contributed by atoms with Gasteiger partial charge in [-0.25, -0.2) is 4.79 Å². The van der Waals surface area contributed by atoms with E-state index >= 15 is 0 Å². The fraction of sp³-hybridized carbons (Fsp3) is 0. The molecule has 0 saturated heterocycles. The fourth-order valence-electron chi connectivity index (χ4n) is 0.709. The Balaban J connectivity index is 2.76. The van der Waals surface area contributed by atoms with Gasteiger partial charge in [0.25, 0.3) is 0 Å². The predicted molar refractivity (Wildman–Crippen MR) is 59.1 cm³/mol. The third kappa shape index (κ3) is 3.01. The molecule has 0 atom stereocenters. The van der Waals surface area contributed by atoms with Crippen molar-refractivity contribution in [1.29, 1.82) is 0 Å². The lowest BCUT2D eigenvalue weighted by Crippen LogP contribution is -2.07. The molecule has 14 heavy (non-hydrogen) atoms. The van der Waals surface area contributed by atoms with Crippen LogP contribution >= 0.6 is 27.5 Å². The van der Waals surface area contributed by atoms with Crippen LogP contribution in [0.3, 0.4) is 0 Å². The normalized spacial score (nSPS) is 11.1. The first-order valence-electron chi connectivity index (χ1n) is 3.58. The van der Waals surface area contributed by atoms with Gasteiger partial charge in [-0.2, -0.15) is 5.10 Å². The second-order valence-corrected chi connectivity index (χ2v) is 3.46. The molecule has 0 saturated carbocycles. The predicted octanol–water partition coefficient (Wildman–Crippen LogP) is 2.54. The van der Waals surface area contributed by atoms with Gasteiger partial charge in [-0.1, -0.05) is 23.7 Å². The van der Waals surface area contributed by atoms with Crippen LogP contribution in [0, 0.1) is 0 Å². The summed E-state index contributed by atoms with van der Waals surface area (Å²) >= 11 is 8.56. The molecule has 0 aromatic heterocycles. The lowest BCUT2D eigenvalue weighted by atomic mass is 10.3. The first-order chi connectivity index (χ1) is 6.61. The van der Waals surface area contributed by atoms with Gasteiger partial charge in [-0.15, -0.1) is 0 Å². The number of halogens is 2. The van der Waals surface area contributed by atoms with Crippen molar-refractivity contribution >= 4 is 43.8 Å². The molecule has 0 heterocycles. The van der Waals surface area contributed by atoms with E-state index in [1.165, 1.54) is 0 Å². The van der Waals surface area contributed by atoms with Gasteiger partial charge >= 0.3 is 5.97 Å². The third-order valence-electron chi connectivity index (χ3n) is 1.32. The maximum Gasteiger partial charge on any atom is 0.363 e. The highest BCUT2D eigenvalue weighted by atomic mass is 79.9. The highest BCUT2D eigenvalue weighted by molar-refractivity contribution is 9.19. The molecule has 0 aliphatic heterocycles. The average Bonchev–Trinajstić information content (AvgIpc) is 2.16. The van der Waals surface area contributed by atoms with Crippen LogP contribution in [0.25, 0.3) is 0 Å². The Morgan fingerprint density at radius 3 is 2.71 bits per heavy atom. The zero-order valence-electron chi connectivity index (χ0n) is 6.87. The minimum absolute atomic E-state index is 0.211. The van der Waals surface area contributed by atoms with Gasteiger partial charge in [0.15, 0.2) is 0 Å². The van der Waals surface area contributed by atoms with E-state index in [-0.39, 0.29) is 4.62 Å². The molecule has 1 rings (SSSR count). The molecule has 6 heteroatoms. The number of aliphatic carboxylic acids is 1. The first-order valence-corrected chi connectivity index (χ1v) is 4.75. The monoisotopic (exact) mass is 276 g/mol. The largest absolute Gasteiger partial charge is 0.476 e. The quantitative estimate of drug-likeness (QED) is 0.659. The van der Waals surface area contributed by atoms with Crippen LogP contribution in [0.15, 0.2) is 29.4 Å². The molecule has 0 spiro atoms. The van der Waals surface area contributed by atoms with Crippen molar-refractivity contribution < 1.29 is 9.90 Å². The summed E-state index contributed by atoms with van der Waals surface area (Å²) in [5.41, 5.74) is 3.07. The van der Waals surface area contributed by atoms with Crippen LogP contribution in [0.1, 0.15) is 0 Å². The Labute approximate surface area is 93.7 Å². The van der Waals surface area contributed by atoms with E-state index in [9.17, 15) is 4.79 Å². The molecular weight excluding hydrogens is 271 g/mol. The van der Waals surface area contributed by atoms with E-state index in [1.807, 2.05) is 0 Å². The molecule has 0 aliphatic carbocycles. The van der Waals surface area contributed by atoms with E-state index in [0.29, 0.717) is 10.7 Å². The number of carboxylic acid groups (broad SMARTS) is 1. The first kappa shape index (κ1) is 11.0. The minimum Gasteiger partial charge on any atom is -0.476 e. The number of hydrogen-bond acceptors (Lipinski definition) is 3. The summed E-state index contributed by atoms with van der Waals surface area (Å²) in [4.78, 5) is 10.4. The van der Waals surface area contributed by atoms with Crippen LogP contribution in [0.4, 0.5) is 5.69 Å². The van der Waals surface area contributed by atoms with E-state index in [1.54, 1.807) is 24.3 Å². The molecule has 74 valence electrons. The second kappa shape index (κ2) is 4.97. The summed E-state index contributed by atoms with van der Waals surface area (Å²) in [6.07, 6.45) is 0. The lowest BCUT2D eigenvalue weighted by molar-refractivity contribution is -0.129. The molecule has 0 aliphatic rings. The molecule has 0 unspecified atom stereocenters. The summed E-state index contributed by atoms with van der Waals surface area (Å²) in [6, 6.07) is 6.89. The maximum absolute atomic E-state index is 10.4. The Bertz CT molecular complexity index is 381. The Morgan fingerprint density at radius 1 is 1.50 bits per heavy atom. The summed E-state index contributed by atoms with van der Waals surface area (Å²) in [6.45, 7) is 0. The third-order valence-corrected chi connectivity index (χ3v) is 2.17. The fourth-order valence-corrected chi connectivity index (χ4v) is 0.976. The molecule has 2 N–H and O–H groups in total. The van der Waals surface area contributed by atoms with Gasteiger partial charge < -0.3 is 5.11 Å². The number of para-hydroxylation sites is 1. The van der Waals surface area contributed by atoms with Gasteiger partial charge in [0.2, 0.25) is 4.62 Å². The van der Waals surface area contributed by atoms with Crippen LogP contribution in [-0.2, 0) is 4.79 Å². The molecule has 0 amide bonds. The van der Waals surface area contributed by atoms with Gasteiger partial charge in [0.05, 0.1) is 10.7 Å². The van der Waals surface area contributed by atoms with Crippen molar-refractivity contribution in [2.75, 3.05) is 5.43 Å². The average molecular weight is 278 g/mol. The summed E-state index contributed by atoms with van der Waals surface area (Å²) < 4.78 is -0.211. The number of benzene rings is 1. The van der Waals surface area contributed by atoms with Crippen molar-refractivity contribution in [1.82, 2.24) is 0 Å². The van der Waals surface area contributed by atoms with Crippen molar-refractivity contribution in [2.24, 2.45) is 5.10 Å². The highest BCUT2D eigenvalue weighted by Crippen LogP contribution is 2.20. The molecule has 0 fully saturated rings. The van der Waals surface area contributed by atoms with E-state index in [2.05, 4.69) is 26.5 Å². The maximum atomic E-state index is 10.4. The van der Waals surface area contributed by atoms with E-state index in [4.69, 9.17) is 16.7 Å². The Kier molecular flexibility index (Phi) is 3.91. The van der Waals surface area contributed by atoms with Crippen LogP contribution in [0.5, 0.6) is 0 Å².